The van der Waals surface area contributed by atoms with Crippen molar-refractivity contribution in [2.75, 3.05) is 0 Å². The minimum Gasteiger partial charge on any atom is -0.144 e. The van der Waals surface area contributed by atoms with Gasteiger partial charge in [-0.3, -0.25) is 0 Å². The Hall–Kier alpha value is -0.170. The average molecular weight is 100 g/mol. The van der Waals surface area contributed by atoms with E-state index < -0.39 is 0 Å². The molecule has 0 fully saturated rings. The molecule has 0 heterocycles. The Bertz CT molecular complexity index is 69.9. The molecular weight excluding hydrogens is 92.1 g/mol. The summed E-state index contributed by atoms with van der Waals surface area (Å²) in [5.41, 5.74) is 0.929. The van der Waals surface area contributed by atoms with Crippen molar-refractivity contribution in [3.63, 3.8) is 0 Å². The predicted molar refractivity (Wildman–Crippen MR) is 32.9 cm³/mol. The third kappa shape index (κ3) is 2.09. The van der Waals surface area contributed by atoms with E-state index >= 15 is 0 Å². The van der Waals surface area contributed by atoms with Crippen molar-refractivity contribution in [3.8, 4) is 0 Å². The number of allylic oxidation sites excluding steroid dienone is 1. The molecule has 0 saturated heterocycles. The van der Waals surface area contributed by atoms with E-state index in [9.17, 15) is 0 Å². The molecule has 1 heteroatoms. The van der Waals surface area contributed by atoms with Gasteiger partial charge in [-0.25, -0.2) is 0 Å². The molecule has 0 unspecified atom stereocenters. The van der Waals surface area contributed by atoms with Gasteiger partial charge in [-0.05, 0) is 17.4 Å². The van der Waals surface area contributed by atoms with E-state index in [4.69, 9.17) is 0 Å². The molecule has 0 bridgehead atoms. The molecule has 0 amide bonds. The molecule has 0 atom stereocenters. The van der Waals surface area contributed by atoms with E-state index in [0.29, 0.717) is 0 Å². The van der Waals surface area contributed by atoms with Crippen molar-refractivity contribution in [1.29, 1.82) is 0 Å². The van der Waals surface area contributed by atoms with Crippen molar-refractivity contribution >= 4 is 12.6 Å². The van der Waals surface area contributed by atoms with Crippen molar-refractivity contribution in [2.24, 2.45) is 0 Å². The maximum atomic E-state index is 3.90. The van der Waals surface area contributed by atoms with Crippen LogP contribution < -0.4 is 0 Å². The Kier molecular flexibility index (Phi) is 2.03. The summed E-state index contributed by atoms with van der Waals surface area (Å²) in [6, 6.07) is 0. The fourth-order valence-corrected chi connectivity index (χ4v) is 0. The van der Waals surface area contributed by atoms with Crippen LogP contribution in [0.2, 0.25) is 0 Å². The Morgan fingerprint density at radius 3 is 1.67 bits per heavy atom. The molecule has 0 aromatic carbocycles. The second kappa shape index (κ2) is 2.08. The van der Waals surface area contributed by atoms with Crippen LogP contribution >= 0.6 is 12.6 Å². The molecule has 0 aliphatic rings. The number of hydrogen-bond donors (Lipinski definition) is 1. The molecule has 0 spiro atoms. The van der Waals surface area contributed by atoms with Crippen molar-refractivity contribution in [2.45, 2.75) is 6.92 Å². The zero-order valence-electron chi connectivity index (χ0n) is 3.86. The summed E-state index contributed by atoms with van der Waals surface area (Å²) in [5.74, 6) is 0. The highest BCUT2D eigenvalue weighted by atomic mass is 32.1. The van der Waals surface area contributed by atoms with Crippen LogP contribution in [-0.4, -0.2) is 0 Å². The lowest BCUT2D eigenvalue weighted by Gasteiger charge is -1.87. The van der Waals surface area contributed by atoms with Crippen LogP contribution in [0.15, 0.2) is 23.6 Å². The first-order chi connectivity index (χ1) is 2.64. The topological polar surface area (TPSA) is 0 Å². The van der Waals surface area contributed by atoms with Gasteiger partial charge in [0.05, 0.1) is 0 Å². The summed E-state index contributed by atoms with van der Waals surface area (Å²) in [6.07, 6.45) is 0. The molecule has 34 valence electrons. The second-order valence-electron chi connectivity index (χ2n) is 1.23. The van der Waals surface area contributed by atoms with Crippen LogP contribution in [0.3, 0.4) is 0 Å². The smallest absolute Gasteiger partial charge is 0.000865 e. The highest BCUT2D eigenvalue weighted by Gasteiger charge is 1.78. The molecule has 0 aromatic heterocycles. The predicted octanol–water partition coefficient (Wildman–Crippen LogP) is 2.01. The quantitative estimate of drug-likeness (QED) is 0.378. The lowest BCUT2D eigenvalue weighted by atomic mass is 10.3. The maximum Gasteiger partial charge on any atom is -0.000865 e. The first-order valence-corrected chi connectivity index (χ1v) is 2.13. The fraction of sp³-hybridized carbons (Fsp3) is 0.200. The Morgan fingerprint density at radius 1 is 1.50 bits per heavy atom. The second-order valence-corrected chi connectivity index (χ2v) is 1.77. The van der Waals surface area contributed by atoms with E-state index in [-0.39, 0.29) is 0 Å². The largest absolute Gasteiger partial charge is 0.144 e. The summed E-state index contributed by atoms with van der Waals surface area (Å²) in [7, 11) is 0. The van der Waals surface area contributed by atoms with Gasteiger partial charge in [0.15, 0.2) is 0 Å². The molecule has 0 saturated carbocycles. The van der Waals surface area contributed by atoms with Crippen LogP contribution in [0, 0.1) is 0 Å². The minimum absolute atomic E-state index is 0.759. The Balaban J connectivity index is 3.57. The number of rotatable bonds is 1. The van der Waals surface area contributed by atoms with Crippen molar-refractivity contribution in [1.82, 2.24) is 0 Å². The normalized spacial score (nSPS) is 7.67. The summed E-state index contributed by atoms with van der Waals surface area (Å²) >= 11 is 3.90. The maximum absolute atomic E-state index is 3.90. The number of hydrogen-bond acceptors (Lipinski definition) is 1. The molecule has 0 rings (SSSR count). The molecule has 0 radical (unpaired) electrons. The molecule has 0 aliphatic heterocycles. The van der Waals surface area contributed by atoms with Crippen LogP contribution in [-0.2, 0) is 0 Å². The van der Waals surface area contributed by atoms with Gasteiger partial charge in [0.1, 0.15) is 0 Å². The van der Waals surface area contributed by atoms with Gasteiger partial charge < -0.3 is 0 Å². The third-order valence-electron chi connectivity index (χ3n) is 0.493. The molecule has 0 aliphatic carbocycles. The minimum atomic E-state index is 0.759. The van der Waals surface area contributed by atoms with Gasteiger partial charge in [-0.1, -0.05) is 13.2 Å². The lowest BCUT2D eigenvalue weighted by molar-refractivity contribution is 1.55. The van der Waals surface area contributed by atoms with Crippen LogP contribution in [0.1, 0.15) is 6.92 Å². The fourth-order valence-electron chi connectivity index (χ4n) is 0. The SMILES string of the molecule is C=C(C)C(=C)S. The van der Waals surface area contributed by atoms with Crippen LogP contribution in [0.4, 0.5) is 0 Å². The van der Waals surface area contributed by atoms with E-state index in [1.54, 1.807) is 0 Å². The highest BCUT2D eigenvalue weighted by molar-refractivity contribution is 7.84. The van der Waals surface area contributed by atoms with Gasteiger partial charge in [0.25, 0.3) is 0 Å². The summed E-state index contributed by atoms with van der Waals surface area (Å²) < 4.78 is 0. The van der Waals surface area contributed by atoms with Crippen molar-refractivity contribution < 1.29 is 0 Å². The van der Waals surface area contributed by atoms with Gasteiger partial charge in [0, 0.05) is 0 Å². The van der Waals surface area contributed by atoms with Gasteiger partial charge in [-0.2, -0.15) is 0 Å². The molecule has 0 N–H and O–H groups in total. The zero-order valence-corrected chi connectivity index (χ0v) is 4.76. The monoisotopic (exact) mass is 100 g/mol. The highest BCUT2D eigenvalue weighted by Crippen LogP contribution is 2.05. The Labute approximate surface area is 44.0 Å². The average Bonchev–Trinajstić information content (AvgIpc) is 1.36. The van der Waals surface area contributed by atoms with Gasteiger partial charge in [-0.15, -0.1) is 12.6 Å². The van der Waals surface area contributed by atoms with E-state index in [1.807, 2.05) is 6.92 Å². The van der Waals surface area contributed by atoms with Gasteiger partial charge >= 0.3 is 0 Å². The van der Waals surface area contributed by atoms with Crippen LogP contribution in [0.25, 0.3) is 0 Å². The Morgan fingerprint density at radius 2 is 1.67 bits per heavy atom. The molecular formula is C5H8S. The standard InChI is InChI=1S/C5H8S/c1-4(2)5(3)6/h6H,1,3H2,2H3. The first-order valence-electron chi connectivity index (χ1n) is 1.68. The summed E-state index contributed by atoms with van der Waals surface area (Å²) in [5, 5.41) is 0. The van der Waals surface area contributed by atoms with E-state index in [0.717, 1.165) is 10.5 Å². The van der Waals surface area contributed by atoms with E-state index in [1.165, 1.54) is 0 Å². The van der Waals surface area contributed by atoms with E-state index in [2.05, 4.69) is 25.8 Å². The van der Waals surface area contributed by atoms with Crippen LogP contribution in [0.5, 0.6) is 0 Å². The lowest BCUT2D eigenvalue weighted by Crippen LogP contribution is -1.63. The van der Waals surface area contributed by atoms with Gasteiger partial charge in [0.2, 0.25) is 0 Å². The molecule has 6 heavy (non-hydrogen) atoms. The summed E-state index contributed by atoms with van der Waals surface area (Å²) in [4.78, 5) is 0.759. The molecule has 0 nitrogen and oxygen atoms in total. The third-order valence-corrected chi connectivity index (χ3v) is 0.874. The number of thiol groups is 1. The van der Waals surface area contributed by atoms with Crippen molar-refractivity contribution in [3.05, 3.63) is 23.6 Å². The zero-order chi connectivity index (χ0) is 5.15. The summed E-state index contributed by atoms with van der Waals surface area (Å²) in [6.45, 7) is 8.97. The molecule has 0 aromatic rings. The first kappa shape index (κ1) is 5.83.